The summed E-state index contributed by atoms with van der Waals surface area (Å²) in [5, 5.41) is 10.3. The Hall–Kier alpha value is -4.84. The van der Waals surface area contributed by atoms with Gasteiger partial charge in [-0.25, -0.2) is 18.4 Å². The highest BCUT2D eigenvalue weighted by molar-refractivity contribution is 7.89. The van der Waals surface area contributed by atoms with Crippen LogP contribution in [0.4, 0.5) is 5.69 Å². The van der Waals surface area contributed by atoms with E-state index in [9.17, 15) is 23.3 Å². The minimum atomic E-state index is -4.02. The van der Waals surface area contributed by atoms with Gasteiger partial charge >= 0.3 is 0 Å². The van der Waals surface area contributed by atoms with Crippen molar-refractivity contribution >= 4 is 27.5 Å². The van der Waals surface area contributed by atoms with Gasteiger partial charge in [0, 0.05) is 51.3 Å². The maximum atomic E-state index is 14.1. The molecule has 4 aromatic rings. The monoisotopic (exact) mass is 628 g/mol. The van der Waals surface area contributed by atoms with Crippen LogP contribution in [0.2, 0.25) is 0 Å². The fourth-order valence-corrected chi connectivity index (χ4v) is 7.45. The number of imide groups is 1. The Morgan fingerprint density at radius 1 is 1.07 bits per heavy atom. The number of aryl methyl sites for hydroxylation is 2. The van der Waals surface area contributed by atoms with E-state index >= 15 is 0 Å². The van der Waals surface area contributed by atoms with E-state index in [-0.39, 0.29) is 18.2 Å². The molecule has 1 unspecified atom stereocenters. The van der Waals surface area contributed by atoms with Gasteiger partial charge in [-0.1, -0.05) is 12.1 Å². The number of nitrogens with zero attached hydrogens (tertiary/aromatic N) is 8. The number of hydrogen-bond acceptors (Lipinski definition) is 9. The summed E-state index contributed by atoms with van der Waals surface area (Å²) in [5.74, 6) is -1.03. The van der Waals surface area contributed by atoms with Gasteiger partial charge in [-0.15, -0.1) is 5.06 Å². The van der Waals surface area contributed by atoms with Gasteiger partial charge in [0.25, 0.3) is 21.8 Å². The first-order valence-corrected chi connectivity index (χ1v) is 15.9. The number of anilines is 1. The summed E-state index contributed by atoms with van der Waals surface area (Å²) < 4.78 is 33.1. The summed E-state index contributed by atoms with van der Waals surface area (Å²) in [4.78, 5) is 41.4. The van der Waals surface area contributed by atoms with Crippen LogP contribution in [0, 0.1) is 11.3 Å². The van der Waals surface area contributed by atoms with Crippen molar-refractivity contribution in [1.82, 2.24) is 28.5 Å². The van der Waals surface area contributed by atoms with Crippen molar-refractivity contribution in [3.8, 4) is 6.07 Å². The van der Waals surface area contributed by atoms with Crippen molar-refractivity contribution < 1.29 is 22.8 Å². The van der Waals surface area contributed by atoms with Gasteiger partial charge in [-0.2, -0.15) is 9.57 Å². The molecular weight excluding hydrogens is 596 g/mol. The lowest BCUT2D eigenvalue weighted by molar-refractivity contribution is -0.0923. The van der Waals surface area contributed by atoms with Gasteiger partial charge in [0.05, 0.1) is 54.3 Å². The van der Waals surface area contributed by atoms with E-state index in [1.54, 1.807) is 54.5 Å². The number of hydrogen-bond donors (Lipinski definition) is 0. The summed E-state index contributed by atoms with van der Waals surface area (Å²) in [7, 11) is -0.396. The summed E-state index contributed by atoms with van der Waals surface area (Å²) in [6.07, 6.45) is 7.63. The standard InChI is InChI=1S/C31H32N8O5S/c1-35-19-29(34-21-35)45(42,43)38(11-5-6-12-44-39-30(40)26-7-3-4-8-27(26)31(39)41)24-14-23-13-22(15-32)9-10-28(23)37(17-24)18-25-16-33-20-36(25)2/h3-4,7-10,13,16,19-21,24H,5-6,11-12,14,17-18H2,1-2H3. The SMILES string of the molecule is Cn1cnc(S(=O)(=O)N(CCCCON2C(=O)c3ccccc3C2=O)C2Cc3cc(C#N)ccc3N(Cc3cncn3C)C2)c1. The van der Waals surface area contributed by atoms with Crippen LogP contribution in [0.3, 0.4) is 0 Å². The fraction of sp³-hybridized carbons (Fsp3) is 0.323. The van der Waals surface area contributed by atoms with Crippen molar-refractivity contribution in [2.24, 2.45) is 14.1 Å². The Morgan fingerprint density at radius 3 is 2.47 bits per heavy atom. The number of amides is 2. The Bertz CT molecular complexity index is 1880. The molecule has 2 aromatic carbocycles. The number of fused-ring (bicyclic) bond motifs is 2. The topological polar surface area (TPSA) is 147 Å². The second-order valence-corrected chi connectivity index (χ2v) is 13.0. The zero-order valence-corrected chi connectivity index (χ0v) is 25.7. The third-order valence-corrected chi connectivity index (χ3v) is 9.95. The molecule has 45 heavy (non-hydrogen) atoms. The Kier molecular flexibility index (Phi) is 8.24. The molecule has 0 aliphatic carbocycles. The zero-order chi connectivity index (χ0) is 31.7. The average Bonchev–Trinajstić information content (AvgIpc) is 3.73. The Balaban J connectivity index is 1.22. The minimum absolute atomic E-state index is 0.0502. The Labute approximate surface area is 260 Å². The summed E-state index contributed by atoms with van der Waals surface area (Å²) >= 11 is 0. The van der Waals surface area contributed by atoms with Crippen molar-refractivity contribution in [2.45, 2.75) is 36.9 Å². The molecule has 0 radical (unpaired) electrons. The maximum absolute atomic E-state index is 14.1. The molecular formula is C31H32N8O5S. The molecule has 2 aliphatic heterocycles. The number of imidazole rings is 2. The number of unbranched alkanes of at least 4 members (excludes halogenated alkanes) is 1. The molecule has 0 fully saturated rings. The van der Waals surface area contributed by atoms with Gasteiger partial charge in [0.2, 0.25) is 0 Å². The highest BCUT2D eigenvalue weighted by Gasteiger charge is 2.38. The number of nitriles is 1. The number of hydroxylamine groups is 2. The number of rotatable bonds is 11. The molecule has 0 saturated heterocycles. The van der Waals surface area contributed by atoms with Crippen LogP contribution in [-0.4, -0.2) is 74.4 Å². The molecule has 14 heteroatoms. The van der Waals surface area contributed by atoms with E-state index < -0.39 is 27.9 Å². The molecule has 0 saturated carbocycles. The first-order chi connectivity index (χ1) is 21.7. The van der Waals surface area contributed by atoms with Gasteiger partial charge in [0.1, 0.15) is 0 Å². The number of carbonyl (C=O) groups is 2. The molecule has 2 amide bonds. The second-order valence-electron chi connectivity index (χ2n) is 11.2. The quantitative estimate of drug-likeness (QED) is 0.181. The van der Waals surface area contributed by atoms with Crippen LogP contribution >= 0.6 is 0 Å². The van der Waals surface area contributed by atoms with Crippen LogP contribution in [-0.2, 0) is 41.9 Å². The first-order valence-electron chi connectivity index (χ1n) is 14.5. The van der Waals surface area contributed by atoms with E-state index in [1.165, 1.54) is 16.8 Å². The van der Waals surface area contributed by atoms with E-state index in [4.69, 9.17) is 4.84 Å². The van der Waals surface area contributed by atoms with Gasteiger partial charge < -0.3 is 14.0 Å². The van der Waals surface area contributed by atoms with E-state index in [0.717, 1.165) is 22.0 Å². The smallest absolute Gasteiger partial charge is 0.285 e. The van der Waals surface area contributed by atoms with Crippen molar-refractivity contribution in [3.63, 3.8) is 0 Å². The van der Waals surface area contributed by atoms with Crippen LogP contribution < -0.4 is 4.90 Å². The minimum Gasteiger partial charge on any atom is -0.364 e. The summed E-state index contributed by atoms with van der Waals surface area (Å²) in [6, 6.07) is 13.8. The fourth-order valence-electron chi connectivity index (χ4n) is 5.82. The highest BCUT2D eigenvalue weighted by atomic mass is 32.2. The lowest BCUT2D eigenvalue weighted by atomic mass is 9.95. The normalized spacial score (nSPS) is 16.3. The van der Waals surface area contributed by atoms with Crippen LogP contribution in [0.25, 0.3) is 0 Å². The number of aromatic nitrogens is 4. The van der Waals surface area contributed by atoms with Gasteiger partial charge in [0.15, 0.2) is 5.03 Å². The van der Waals surface area contributed by atoms with E-state index in [0.29, 0.717) is 49.0 Å². The molecule has 1 atom stereocenters. The molecule has 6 rings (SSSR count). The third kappa shape index (κ3) is 5.85. The van der Waals surface area contributed by atoms with E-state index in [1.807, 2.05) is 23.7 Å². The molecule has 4 heterocycles. The first kappa shape index (κ1) is 30.2. The molecule has 13 nitrogen and oxygen atoms in total. The largest absolute Gasteiger partial charge is 0.364 e. The summed E-state index contributed by atoms with van der Waals surface area (Å²) in [6.45, 7) is 1.11. The molecule has 2 aliphatic rings. The number of carbonyl (C=O) groups excluding carboxylic acids is 2. The van der Waals surface area contributed by atoms with Gasteiger partial charge in [-0.05, 0) is 55.2 Å². The van der Waals surface area contributed by atoms with Crippen molar-refractivity contribution in [1.29, 1.82) is 5.26 Å². The molecule has 0 bridgehead atoms. The predicted octanol–water partition coefficient (Wildman–Crippen LogP) is 2.66. The van der Waals surface area contributed by atoms with Crippen LogP contribution in [0.5, 0.6) is 0 Å². The van der Waals surface area contributed by atoms with Crippen molar-refractivity contribution in [2.75, 3.05) is 24.6 Å². The molecule has 0 spiro atoms. The lowest BCUT2D eigenvalue weighted by Gasteiger charge is -2.40. The molecule has 2 aromatic heterocycles. The third-order valence-electron chi connectivity index (χ3n) is 8.12. The highest BCUT2D eigenvalue weighted by Crippen LogP contribution is 2.33. The van der Waals surface area contributed by atoms with Gasteiger partial charge in [-0.3, -0.25) is 14.4 Å². The number of benzene rings is 2. The number of sulfonamides is 1. The van der Waals surface area contributed by atoms with Crippen LogP contribution in [0.1, 0.15) is 50.4 Å². The second kappa shape index (κ2) is 12.3. The van der Waals surface area contributed by atoms with Crippen molar-refractivity contribution in [3.05, 3.63) is 95.5 Å². The maximum Gasteiger partial charge on any atom is 0.285 e. The molecule has 232 valence electrons. The predicted molar refractivity (Wildman–Crippen MR) is 162 cm³/mol. The zero-order valence-electron chi connectivity index (χ0n) is 24.9. The average molecular weight is 629 g/mol. The summed E-state index contributed by atoms with van der Waals surface area (Å²) in [5.41, 5.74) is 3.86. The molecule has 0 N–H and O–H groups in total. The van der Waals surface area contributed by atoms with E-state index in [2.05, 4.69) is 20.9 Å². The van der Waals surface area contributed by atoms with Crippen LogP contribution in [0.15, 0.2) is 72.5 Å². The Morgan fingerprint density at radius 2 is 1.82 bits per heavy atom. The lowest BCUT2D eigenvalue weighted by Crippen LogP contribution is -2.51.